The number of benzene rings is 3. The Labute approximate surface area is 132 Å². The molecule has 22 heavy (non-hydrogen) atoms. The molecule has 0 aliphatic carbocycles. The van der Waals surface area contributed by atoms with Crippen LogP contribution in [0.15, 0.2) is 89.9 Å². The Morgan fingerprint density at radius 3 is 1.64 bits per heavy atom. The van der Waals surface area contributed by atoms with Crippen molar-refractivity contribution in [1.29, 1.82) is 0 Å². The Hall–Kier alpha value is -2.67. The highest BCUT2D eigenvalue weighted by Gasteiger charge is 2.06. The SMILES string of the molecule is CCc1ccc(N=C(c2ccccc2)c2ccccc2)cc1. The van der Waals surface area contributed by atoms with Crippen LogP contribution in [0.2, 0.25) is 0 Å². The van der Waals surface area contributed by atoms with Gasteiger partial charge in [-0.2, -0.15) is 0 Å². The Bertz CT molecular complexity index is 699. The lowest BCUT2D eigenvalue weighted by Gasteiger charge is -2.08. The first kappa shape index (κ1) is 14.3. The van der Waals surface area contributed by atoms with Crippen molar-refractivity contribution >= 4 is 11.4 Å². The summed E-state index contributed by atoms with van der Waals surface area (Å²) in [6, 6.07) is 29.1. The van der Waals surface area contributed by atoms with E-state index < -0.39 is 0 Å². The van der Waals surface area contributed by atoms with Crippen LogP contribution in [-0.4, -0.2) is 5.71 Å². The van der Waals surface area contributed by atoms with Gasteiger partial charge >= 0.3 is 0 Å². The normalized spacial score (nSPS) is 10.2. The third-order valence-electron chi connectivity index (χ3n) is 3.68. The molecule has 3 aromatic rings. The summed E-state index contributed by atoms with van der Waals surface area (Å²) in [5, 5.41) is 0. The fraction of sp³-hybridized carbons (Fsp3) is 0.0952. The number of nitrogens with zero attached hydrogens (tertiary/aromatic N) is 1. The van der Waals surface area contributed by atoms with Gasteiger partial charge in [-0.25, -0.2) is 4.99 Å². The topological polar surface area (TPSA) is 12.4 Å². The van der Waals surface area contributed by atoms with Crippen molar-refractivity contribution in [1.82, 2.24) is 0 Å². The van der Waals surface area contributed by atoms with E-state index in [0.717, 1.165) is 28.9 Å². The van der Waals surface area contributed by atoms with E-state index in [4.69, 9.17) is 4.99 Å². The van der Waals surface area contributed by atoms with Crippen LogP contribution in [-0.2, 0) is 6.42 Å². The van der Waals surface area contributed by atoms with Crippen LogP contribution < -0.4 is 0 Å². The van der Waals surface area contributed by atoms with Gasteiger partial charge in [0.2, 0.25) is 0 Å². The van der Waals surface area contributed by atoms with Gasteiger partial charge in [-0.1, -0.05) is 79.7 Å². The zero-order valence-corrected chi connectivity index (χ0v) is 12.7. The molecule has 0 amide bonds. The summed E-state index contributed by atoms with van der Waals surface area (Å²) in [4.78, 5) is 4.89. The lowest BCUT2D eigenvalue weighted by Crippen LogP contribution is -2.02. The first-order valence-electron chi connectivity index (χ1n) is 7.65. The molecule has 0 saturated carbocycles. The lowest BCUT2D eigenvalue weighted by molar-refractivity contribution is 1.14. The second-order valence-electron chi connectivity index (χ2n) is 5.21. The summed E-state index contributed by atoms with van der Waals surface area (Å²) in [5.74, 6) is 0. The highest BCUT2D eigenvalue weighted by Crippen LogP contribution is 2.19. The fourth-order valence-electron chi connectivity index (χ4n) is 2.42. The maximum Gasteiger partial charge on any atom is 0.0781 e. The van der Waals surface area contributed by atoms with Crippen LogP contribution in [0.5, 0.6) is 0 Å². The van der Waals surface area contributed by atoms with Gasteiger partial charge in [-0.15, -0.1) is 0 Å². The van der Waals surface area contributed by atoms with Crippen LogP contribution in [0.3, 0.4) is 0 Å². The van der Waals surface area contributed by atoms with Gasteiger partial charge in [-0.05, 0) is 24.1 Å². The summed E-state index contributed by atoms with van der Waals surface area (Å²) >= 11 is 0. The molecule has 0 radical (unpaired) electrons. The molecule has 0 aliphatic heterocycles. The number of hydrogen-bond donors (Lipinski definition) is 0. The Kier molecular flexibility index (Phi) is 4.45. The summed E-state index contributed by atoms with van der Waals surface area (Å²) in [6.45, 7) is 2.16. The predicted molar refractivity (Wildman–Crippen MR) is 94.0 cm³/mol. The molecule has 0 aromatic heterocycles. The zero-order chi connectivity index (χ0) is 15.2. The molecule has 1 heteroatoms. The van der Waals surface area contributed by atoms with Crippen LogP contribution in [0, 0.1) is 0 Å². The summed E-state index contributed by atoms with van der Waals surface area (Å²) in [6.07, 6.45) is 1.05. The quantitative estimate of drug-likeness (QED) is 0.568. The molecule has 0 N–H and O–H groups in total. The second kappa shape index (κ2) is 6.86. The van der Waals surface area contributed by atoms with E-state index in [1.165, 1.54) is 5.56 Å². The molecular weight excluding hydrogens is 266 g/mol. The summed E-state index contributed by atoms with van der Waals surface area (Å²) in [7, 11) is 0. The largest absolute Gasteiger partial charge is 0.248 e. The minimum Gasteiger partial charge on any atom is -0.248 e. The van der Waals surface area contributed by atoms with E-state index in [0.29, 0.717) is 0 Å². The molecule has 108 valence electrons. The first-order chi connectivity index (χ1) is 10.9. The highest BCUT2D eigenvalue weighted by molar-refractivity contribution is 6.13. The summed E-state index contributed by atoms with van der Waals surface area (Å²) < 4.78 is 0. The predicted octanol–water partition coefficient (Wildman–Crippen LogP) is 5.42. The van der Waals surface area contributed by atoms with E-state index in [1.54, 1.807) is 0 Å². The van der Waals surface area contributed by atoms with Crippen LogP contribution in [0.25, 0.3) is 0 Å². The van der Waals surface area contributed by atoms with Gasteiger partial charge in [0.05, 0.1) is 11.4 Å². The number of aliphatic imine (C=N–C) groups is 1. The van der Waals surface area contributed by atoms with E-state index >= 15 is 0 Å². The molecule has 0 unspecified atom stereocenters. The molecule has 0 atom stereocenters. The molecule has 0 spiro atoms. The molecule has 0 aliphatic rings. The van der Waals surface area contributed by atoms with Crippen molar-refractivity contribution in [3.8, 4) is 0 Å². The first-order valence-corrected chi connectivity index (χ1v) is 7.65. The Balaban J connectivity index is 2.06. The Morgan fingerprint density at radius 1 is 0.682 bits per heavy atom. The molecule has 0 heterocycles. The standard InChI is InChI=1S/C21H19N/c1-2-17-13-15-20(16-14-17)22-21(18-9-5-3-6-10-18)19-11-7-4-8-12-19/h3-16H,2H2,1H3. The summed E-state index contributed by atoms with van der Waals surface area (Å²) in [5.41, 5.74) is 5.59. The minimum atomic E-state index is 0.986. The maximum atomic E-state index is 4.89. The van der Waals surface area contributed by atoms with Crippen molar-refractivity contribution in [2.24, 2.45) is 4.99 Å². The maximum absolute atomic E-state index is 4.89. The van der Waals surface area contributed by atoms with Gasteiger partial charge < -0.3 is 0 Å². The van der Waals surface area contributed by atoms with E-state index in [1.807, 2.05) is 36.4 Å². The van der Waals surface area contributed by atoms with E-state index in [9.17, 15) is 0 Å². The molecule has 0 saturated heterocycles. The van der Waals surface area contributed by atoms with Gasteiger partial charge in [0.25, 0.3) is 0 Å². The molecular formula is C21H19N. The number of aryl methyl sites for hydroxylation is 1. The van der Waals surface area contributed by atoms with Gasteiger partial charge in [0.1, 0.15) is 0 Å². The van der Waals surface area contributed by atoms with Gasteiger partial charge in [0, 0.05) is 11.1 Å². The van der Waals surface area contributed by atoms with Crippen molar-refractivity contribution in [3.63, 3.8) is 0 Å². The van der Waals surface area contributed by atoms with Gasteiger partial charge in [-0.3, -0.25) is 0 Å². The average Bonchev–Trinajstić information content (AvgIpc) is 2.62. The van der Waals surface area contributed by atoms with Crippen LogP contribution >= 0.6 is 0 Å². The molecule has 0 bridgehead atoms. The third kappa shape index (κ3) is 3.32. The number of hydrogen-bond acceptors (Lipinski definition) is 1. The molecule has 3 rings (SSSR count). The molecule has 3 aromatic carbocycles. The van der Waals surface area contributed by atoms with Gasteiger partial charge in [0.15, 0.2) is 0 Å². The lowest BCUT2D eigenvalue weighted by atomic mass is 10.0. The minimum absolute atomic E-state index is 0.986. The zero-order valence-electron chi connectivity index (χ0n) is 12.7. The molecule has 0 fully saturated rings. The van der Waals surface area contributed by atoms with E-state index in [-0.39, 0.29) is 0 Å². The smallest absolute Gasteiger partial charge is 0.0781 e. The van der Waals surface area contributed by atoms with Crippen LogP contribution in [0.1, 0.15) is 23.6 Å². The second-order valence-corrected chi connectivity index (χ2v) is 5.21. The van der Waals surface area contributed by atoms with Crippen molar-refractivity contribution in [2.75, 3.05) is 0 Å². The van der Waals surface area contributed by atoms with Crippen molar-refractivity contribution < 1.29 is 0 Å². The highest BCUT2D eigenvalue weighted by atomic mass is 14.7. The average molecular weight is 285 g/mol. The Morgan fingerprint density at radius 2 is 1.18 bits per heavy atom. The molecule has 1 nitrogen and oxygen atoms in total. The number of rotatable bonds is 4. The van der Waals surface area contributed by atoms with Crippen LogP contribution in [0.4, 0.5) is 5.69 Å². The van der Waals surface area contributed by atoms with E-state index in [2.05, 4.69) is 55.5 Å². The fourth-order valence-corrected chi connectivity index (χ4v) is 2.42. The van der Waals surface area contributed by atoms with Crippen molar-refractivity contribution in [3.05, 3.63) is 102 Å². The monoisotopic (exact) mass is 285 g/mol. The third-order valence-corrected chi connectivity index (χ3v) is 3.68. The van der Waals surface area contributed by atoms with Crippen molar-refractivity contribution in [2.45, 2.75) is 13.3 Å².